The molecule has 0 aliphatic rings. The van der Waals surface area contributed by atoms with Crippen LogP contribution in [0.25, 0.3) is 4.96 Å². The number of thiazole rings is 1. The van der Waals surface area contributed by atoms with Crippen LogP contribution in [0.15, 0.2) is 40.6 Å². The summed E-state index contributed by atoms with van der Waals surface area (Å²) in [6, 6.07) is 6.97. The Morgan fingerprint density at radius 2 is 2.22 bits per heavy atom. The van der Waals surface area contributed by atoms with E-state index in [4.69, 9.17) is 4.74 Å². The fraction of sp³-hybridized carbons (Fsp3) is 0.188. The van der Waals surface area contributed by atoms with Crippen LogP contribution in [-0.2, 0) is 11.4 Å². The molecule has 0 aliphatic carbocycles. The molecule has 2 aromatic heterocycles. The number of aryl methyl sites for hydroxylation is 1. The van der Waals surface area contributed by atoms with Gasteiger partial charge in [-0.25, -0.2) is 4.98 Å². The summed E-state index contributed by atoms with van der Waals surface area (Å²) in [5.41, 5.74) is 2.02. The highest BCUT2D eigenvalue weighted by Gasteiger charge is 2.08. The molecule has 118 valence electrons. The largest absolute Gasteiger partial charge is 0.485 e. The van der Waals surface area contributed by atoms with E-state index in [1.165, 1.54) is 28.7 Å². The summed E-state index contributed by atoms with van der Waals surface area (Å²) >= 11 is 1.39. The number of fused-ring (bicyclic) bond motifs is 1. The van der Waals surface area contributed by atoms with E-state index < -0.39 is 0 Å². The summed E-state index contributed by atoms with van der Waals surface area (Å²) < 4.78 is 7.23. The minimum absolute atomic E-state index is 0.138. The van der Waals surface area contributed by atoms with Crippen molar-refractivity contribution >= 4 is 27.9 Å². The minimum Gasteiger partial charge on any atom is -0.485 e. The van der Waals surface area contributed by atoms with Gasteiger partial charge in [0.2, 0.25) is 5.91 Å². The molecule has 23 heavy (non-hydrogen) atoms. The van der Waals surface area contributed by atoms with E-state index in [9.17, 15) is 9.59 Å². The van der Waals surface area contributed by atoms with Crippen molar-refractivity contribution in [2.45, 2.75) is 20.5 Å². The normalized spacial score (nSPS) is 10.7. The molecule has 1 N–H and O–H groups in total. The highest BCUT2D eigenvalue weighted by atomic mass is 32.1. The molecule has 2 heterocycles. The number of hydrogen-bond acceptors (Lipinski definition) is 5. The summed E-state index contributed by atoms with van der Waals surface area (Å²) in [6.45, 7) is 3.53. The van der Waals surface area contributed by atoms with Crippen LogP contribution < -0.4 is 15.6 Å². The third kappa shape index (κ3) is 3.40. The second-order valence-corrected chi connectivity index (χ2v) is 5.98. The summed E-state index contributed by atoms with van der Waals surface area (Å²) in [5.74, 6) is 0.371. The van der Waals surface area contributed by atoms with Crippen molar-refractivity contribution in [1.29, 1.82) is 0 Å². The molecule has 0 atom stereocenters. The number of benzene rings is 1. The minimum atomic E-state index is -0.170. The van der Waals surface area contributed by atoms with Gasteiger partial charge in [-0.1, -0.05) is 6.07 Å². The molecule has 0 saturated heterocycles. The lowest BCUT2D eigenvalue weighted by molar-refractivity contribution is -0.114. The molecule has 0 unspecified atom stereocenters. The number of rotatable bonds is 4. The van der Waals surface area contributed by atoms with Gasteiger partial charge in [-0.3, -0.25) is 14.0 Å². The Balaban J connectivity index is 1.84. The first-order valence-electron chi connectivity index (χ1n) is 7.00. The molecular formula is C16H15N3O3S. The Labute approximate surface area is 136 Å². The molecule has 3 aromatic rings. The van der Waals surface area contributed by atoms with Gasteiger partial charge in [0, 0.05) is 24.6 Å². The van der Waals surface area contributed by atoms with Gasteiger partial charge >= 0.3 is 0 Å². The molecule has 0 saturated carbocycles. The average Bonchev–Trinajstić information content (AvgIpc) is 2.95. The van der Waals surface area contributed by atoms with Crippen LogP contribution in [0.2, 0.25) is 0 Å². The molecule has 0 bridgehead atoms. The van der Waals surface area contributed by atoms with Crippen molar-refractivity contribution in [3.8, 4) is 5.75 Å². The van der Waals surface area contributed by atoms with E-state index in [0.717, 1.165) is 5.56 Å². The lowest BCUT2D eigenvalue weighted by atomic mass is 10.2. The fourth-order valence-corrected chi connectivity index (χ4v) is 2.91. The number of carbonyl (C=O) groups excluding carboxylic acids is 1. The van der Waals surface area contributed by atoms with Crippen molar-refractivity contribution < 1.29 is 9.53 Å². The Morgan fingerprint density at radius 1 is 1.39 bits per heavy atom. The van der Waals surface area contributed by atoms with Crippen LogP contribution in [0.5, 0.6) is 5.75 Å². The summed E-state index contributed by atoms with van der Waals surface area (Å²) in [5, 5.41) is 4.55. The summed E-state index contributed by atoms with van der Waals surface area (Å²) in [4.78, 5) is 28.3. The zero-order valence-corrected chi connectivity index (χ0v) is 13.5. The van der Waals surface area contributed by atoms with Crippen LogP contribution in [0.3, 0.4) is 0 Å². The zero-order valence-electron chi connectivity index (χ0n) is 12.7. The average molecular weight is 329 g/mol. The van der Waals surface area contributed by atoms with Crippen molar-refractivity contribution in [3.05, 3.63) is 57.5 Å². The van der Waals surface area contributed by atoms with E-state index in [1.54, 1.807) is 12.3 Å². The molecule has 1 amide bonds. The maximum Gasteiger partial charge on any atom is 0.258 e. The zero-order chi connectivity index (χ0) is 16.4. The third-order valence-electron chi connectivity index (χ3n) is 3.18. The van der Waals surface area contributed by atoms with E-state index >= 15 is 0 Å². The number of carbonyl (C=O) groups is 1. The van der Waals surface area contributed by atoms with E-state index in [1.807, 2.05) is 24.4 Å². The third-order valence-corrected chi connectivity index (χ3v) is 3.93. The second-order valence-electron chi connectivity index (χ2n) is 5.11. The molecule has 1 aromatic carbocycles. The predicted molar refractivity (Wildman–Crippen MR) is 89.2 cm³/mol. The van der Waals surface area contributed by atoms with Crippen molar-refractivity contribution in [2.24, 2.45) is 0 Å². The standard InChI is InChI=1S/C16H15N3O3S/c1-10-3-4-14(13(7-10)17-11(2)20)22-9-12-8-15(21)19-5-6-23-16(19)18-12/h3-8H,9H2,1-2H3,(H,17,20). The number of ether oxygens (including phenoxy) is 1. The van der Waals surface area contributed by atoms with Crippen molar-refractivity contribution in [1.82, 2.24) is 9.38 Å². The smallest absolute Gasteiger partial charge is 0.258 e. The number of aromatic nitrogens is 2. The van der Waals surface area contributed by atoms with Gasteiger partial charge in [0.25, 0.3) is 5.56 Å². The van der Waals surface area contributed by atoms with Gasteiger partial charge in [0.1, 0.15) is 12.4 Å². The van der Waals surface area contributed by atoms with Crippen LogP contribution in [0.4, 0.5) is 5.69 Å². The number of anilines is 1. The quantitative estimate of drug-likeness (QED) is 0.798. The second kappa shape index (κ2) is 6.21. The molecule has 0 radical (unpaired) electrons. The first-order chi connectivity index (χ1) is 11.0. The predicted octanol–water partition coefficient (Wildman–Crippen LogP) is 2.60. The van der Waals surface area contributed by atoms with Crippen LogP contribution in [0.1, 0.15) is 18.2 Å². The molecule has 0 aliphatic heterocycles. The number of amides is 1. The highest BCUT2D eigenvalue weighted by molar-refractivity contribution is 7.15. The van der Waals surface area contributed by atoms with Gasteiger partial charge in [-0.15, -0.1) is 11.3 Å². The molecule has 0 fully saturated rings. The van der Waals surface area contributed by atoms with Crippen molar-refractivity contribution in [2.75, 3.05) is 5.32 Å². The summed E-state index contributed by atoms with van der Waals surface area (Å²) in [6.07, 6.45) is 1.69. The molecule has 3 rings (SSSR count). The van der Waals surface area contributed by atoms with Gasteiger partial charge < -0.3 is 10.1 Å². The van der Waals surface area contributed by atoms with E-state index in [0.29, 0.717) is 22.1 Å². The maximum atomic E-state index is 11.9. The number of hydrogen-bond donors (Lipinski definition) is 1. The van der Waals surface area contributed by atoms with E-state index in [2.05, 4.69) is 10.3 Å². The summed E-state index contributed by atoms with van der Waals surface area (Å²) in [7, 11) is 0. The van der Waals surface area contributed by atoms with E-state index in [-0.39, 0.29) is 18.1 Å². The first-order valence-corrected chi connectivity index (χ1v) is 7.88. The Bertz CT molecular complexity index is 930. The highest BCUT2D eigenvalue weighted by Crippen LogP contribution is 2.26. The van der Waals surface area contributed by atoms with Crippen LogP contribution >= 0.6 is 11.3 Å². The topological polar surface area (TPSA) is 72.7 Å². The Kier molecular flexibility index (Phi) is 4.12. The van der Waals surface area contributed by atoms with Crippen molar-refractivity contribution in [3.63, 3.8) is 0 Å². The van der Waals surface area contributed by atoms with Gasteiger partial charge in [-0.05, 0) is 24.6 Å². The first kappa shape index (κ1) is 15.2. The molecular weight excluding hydrogens is 314 g/mol. The Morgan fingerprint density at radius 3 is 3.00 bits per heavy atom. The van der Waals surface area contributed by atoms with Crippen LogP contribution in [-0.4, -0.2) is 15.3 Å². The molecule has 7 heteroatoms. The molecule has 0 spiro atoms. The number of nitrogens with zero attached hydrogens (tertiary/aromatic N) is 2. The maximum absolute atomic E-state index is 11.9. The fourth-order valence-electron chi connectivity index (χ4n) is 2.17. The van der Waals surface area contributed by atoms with Crippen LogP contribution in [0, 0.1) is 6.92 Å². The lowest BCUT2D eigenvalue weighted by Crippen LogP contribution is -2.14. The number of nitrogens with one attached hydrogen (secondary N) is 1. The Hall–Kier alpha value is -2.67. The van der Waals surface area contributed by atoms with Gasteiger partial charge in [0.15, 0.2) is 4.96 Å². The van der Waals surface area contributed by atoms with Gasteiger partial charge in [0.05, 0.1) is 11.4 Å². The molecule has 6 nitrogen and oxygen atoms in total. The van der Waals surface area contributed by atoms with Gasteiger partial charge in [-0.2, -0.15) is 0 Å². The lowest BCUT2D eigenvalue weighted by Gasteiger charge is -2.12. The SMILES string of the molecule is CC(=O)Nc1cc(C)ccc1OCc1cc(=O)n2ccsc2n1. The monoisotopic (exact) mass is 329 g/mol.